The molecule has 0 saturated carbocycles. The number of methoxy groups -OCH3 is 1. The Balaban J connectivity index is 2.29. The monoisotopic (exact) mass is 319 g/mol. The van der Waals surface area contributed by atoms with Gasteiger partial charge in [-0.05, 0) is 29.8 Å². The lowest BCUT2D eigenvalue weighted by Gasteiger charge is -2.21. The standard InChI is InChI=1S/C16H18ClN3O2/c1-22-10-13(18)16(21)20-15(14-7-2-3-8-19-14)11-5-4-6-12(17)9-11/h2-9,13,15H,10,18H2,1H3,(H,20,21). The van der Waals surface area contributed by atoms with Crippen molar-refractivity contribution in [3.63, 3.8) is 0 Å². The van der Waals surface area contributed by atoms with Crippen molar-refractivity contribution >= 4 is 17.5 Å². The molecule has 5 nitrogen and oxygen atoms in total. The molecular weight excluding hydrogens is 302 g/mol. The number of hydrogen-bond acceptors (Lipinski definition) is 4. The van der Waals surface area contributed by atoms with E-state index in [0.717, 1.165) is 5.56 Å². The summed E-state index contributed by atoms with van der Waals surface area (Å²) in [7, 11) is 1.50. The lowest BCUT2D eigenvalue weighted by Crippen LogP contribution is -2.45. The number of rotatable bonds is 6. The maximum atomic E-state index is 12.2. The van der Waals surface area contributed by atoms with E-state index in [4.69, 9.17) is 22.1 Å². The van der Waals surface area contributed by atoms with Gasteiger partial charge in [-0.25, -0.2) is 0 Å². The minimum Gasteiger partial charge on any atom is -0.383 e. The largest absolute Gasteiger partial charge is 0.383 e. The minimum absolute atomic E-state index is 0.149. The van der Waals surface area contributed by atoms with Gasteiger partial charge < -0.3 is 15.8 Å². The van der Waals surface area contributed by atoms with Crippen LogP contribution >= 0.6 is 11.6 Å². The molecule has 0 fully saturated rings. The highest BCUT2D eigenvalue weighted by Crippen LogP contribution is 2.23. The Hall–Kier alpha value is -1.95. The molecule has 0 spiro atoms. The first-order valence-electron chi connectivity index (χ1n) is 6.83. The highest BCUT2D eigenvalue weighted by atomic mass is 35.5. The summed E-state index contributed by atoms with van der Waals surface area (Å²) in [4.78, 5) is 16.5. The Bertz CT molecular complexity index is 622. The Morgan fingerprint density at radius 1 is 1.36 bits per heavy atom. The van der Waals surface area contributed by atoms with Crippen LogP contribution in [0.25, 0.3) is 0 Å². The van der Waals surface area contributed by atoms with E-state index in [0.29, 0.717) is 10.7 Å². The van der Waals surface area contributed by atoms with Crippen molar-refractivity contribution in [1.29, 1.82) is 0 Å². The van der Waals surface area contributed by atoms with Crippen molar-refractivity contribution in [3.8, 4) is 0 Å². The van der Waals surface area contributed by atoms with E-state index in [-0.39, 0.29) is 12.5 Å². The Labute approximate surface area is 134 Å². The zero-order chi connectivity index (χ0) is 15.9. The number of nitrogens with zero attached hydrogens (tertiary/aromatic N) is 1. The Kier molecular flexibility index (Phi) is 5.89. The highest BCUT2D eigenvalue weighted by molar-refractivity contribution is 6.30. The summed E-state index contributed by atoms with van der Waals surface area (Å²) < 4.78 is 4.91. The predicted octanol–water partition coefficient (Wildman–Crippen LogP) is 1.91. The molecule has 2 rings (SSSR count). The first-order chi connectivity index (χ1) is 10.6. The number of carbonyl (C=O) groups is 1. The lowest BCUT2D eigenvalue weighted by atomic mass is 10.0. The van der Waals surface area contributed by atoms with Gasteiger partial charge in [0.25, 0.3) is 0 Å². The summed E-state index contributed by atoms with van der Waals surface area (Å²) in [6, 6.07) is 11.6. The lowest BCUT2D eigenvalue weighted by molar-refractivity contribution is -0.124. The van der Waals surface area contributed by atoms with Gasteiger partial charge in [-0.3, -0.25) is 9.78 Å². The average molecular weight is 320 g/mol. The van der Waals surface area contributed by atoms with Crippen LogP contribution < -0.4 is 11.1 Å². The summed E-state index contributed by atoms with van der Waals surface area (Å²) in [6.07, 6.45) is 1.67. The number of benzene rings is 1. The number of amides is 1. The molecule has 1 heterocycles. The fourth-order valence-corrected chi connectivity index (χ4v) is 2.26. The van der Waals surface area contributed by atoms with Gasteiger partial charge in [0.15, 0.2) is 0 Å². The number of carbonyl (C=O) groups excluding carboxylic acids is 1. The predicted molar refractivity (Wildman–Crippen MR) is 85.5 cm³/mol. The van der Waals surface area contributed by atoms with Crippen LogP contribution in [0, 0.1) is 0 Å². The molecule has 1 amide bonds. The van der Waals surface area contributed by atoms with Crippen LogP contribution in [0.1, 0.15) is 17.3 Å². The first kappa shape index (κ1) is 16.4. The topological polar surface area (TPSA) is 77.2 Å². The first-order valence-corrected chi connectivity index (χ1v) is 7.21. The van der Waals surface area contributed by atoms with Gasteiger partial charge in [0.05, 0.1) is 18.3 Å². The van der Waals surface area contributed by atoms with Gasteiger partial charge in [-0.15, -0.1) is 0 Å². The van der Waals surface area contributed by atoms with Crippen molar-refractivity contribution in [2.75, 3.05) is 13.7 Å². The van der Waals surface area contributed by atoms with E-state index in [9.17, 15) is 4.79 Å². The molecule has 0 saturated heterocycles. The highest BCUT2D eigenvalue weighted by Gasteiger charge is 2.21. The molecule has 2 unspecified atom stereocenters. The van der Waals surface area contributed by atoms with Crippen LogP contribution in [0.4, 0.5) is 0 Å². The molecule has 3 N–H and O–H groups in total. The van der Waals surface area contributed by atoms with Gasteiger partial charge in [-0.1, -0.05) is 29.8 Å². The zero-order valence-corrected chi connectivity index (χ0v) is 13.0. The van der Waals surface area contributed by atoms with Crippen molar-refractivity contribution < 1.29 is 9.53 Å². The molecule has 0 aliphatic heterocycles. The van der Waals surface area contributed by atoms with Crippen LogP contribution in [0.5, 0.6) is 0 Å². The van der Waals surface area contributed by atoms with E-state index in [1.54, 1.807) is 18.3 Å². The molecule has 0 radical (unpaired) electrons. The summed E-state index contributed by atoms with van der Waals surface area (Å²) >= 11 is 6.05. The molecule has 116 valence electrons. The van der Waals surface area contributed by atoms with Crippen molar-refractivity contribution in [2.24, 2.45) is 5.73 Å². The molecule has 2 atom stereocenters. The summed E-state index contributed by atoms with van der Waals surface area (Å²) in [5.41, 5.74) is 7.33. The summed E-state index contributed by atoms with van der Waals surface area (Å²) in [5, 5.41) is 3.49. The molecule has 1 aromatic heterocycles. The van der Waals surface area contributed by atoms with Gasteiger partial charge in [0.1, 0.15) is 6.04 Å². The molecule has 2 aromatic rings. The minimum atomic E-state index is -0.740. The number of nitrogens with two attached hydrogens (primary N) is 1. The van der Waals surface area contributed by atoms with Gasteiger partial charge in [-0.2, -0.15) is 0 Å². The molecular formula is C16H18ClN3O2. The third-order valence-electron chi connectivity index (χ3n) is 3.14. The smallest absolute Gasteiger partial charge is 0.240 e. The molecule has 22 heavy (non-hydrogen) atoms. The molecule has 1 aromatic carbocycles. The second-order valence-electron chi connectivity index (χ2n) is 4.81. The van der Waals surface area contributed by atoms with Crippen molar-refractivity contribution in [1.82, 2.24) is 10.3 Å². The van der Waals surface area contributed by atoms with Crippen LogP contribution in [0.2, 0.25) is 5.02 Å². The zero-order valence-electron chi connectivity index (χ0n) is 12.2. The van der Waals surface area contributed by atoms with Crippen LogP contribution in [0.3, 0.4) is 0 Å². The SMILES string of the molecule is COCC(N)C(=O)NC(c1cccc(Cl)c1)c1ccccn1. The van der Waals surface area contributed by atoms with E-state index < -0.39 is 12.1 Å². The van der Waals surface area contributed by atoms with Gasteiger partial charge in [0, 0.05) is 18.3 Å². The molecule has 6 heteroatoms. The van der Waals surface area contributed by atoms with Gasteiger partial charge in [0.2, 0.25) is 5.91 Å². The second kappa shape index (κ2) is 7.89. The molecule has 0 aliphatic rings. The van der Waals surface area contributed by atoms with Crippen LogP contribution in [-0.4, -0.2) is 30.6 Å². The fraction of sp³-hybridized carbons (Fsp3) is 0.250. The van der Waals surface area contributed by atoms with Crippen LogP contribution in [0.15, 0.2) is 48.7 Å². The number of aromatic nitrogens is 1. The Morgan fingerprint density at radius 2 is 2.18 bits per heavy atom. The van der Waals surface area contributed by atoms with Gasteiger partial charge >= 0.3 is 0 Å². The van der Waals surface area contributed by atoms with E-state index in [1.807, 2.05) is 30.3 Å². The molecule has 0 bridgehead atoms. The van der Waals surface area contributed by atoms with E-state index in [2.05, 4.69) is 10.3 Å². The van der Waals surface area contributed by atoms with Crippen molar-refractivity contribution in [2.45, 2.75) is 12.1 Å². The summed E-state index contributed by atoms with van der Waals surface area (Å²) in [5.74, 6) is -0.308. The number of hydrogen-bond donors (Lipinski definition) is 2. The second-order valence-corrected chi connectivity index (χ2v) is 5.25. The number of pyridine rings is 1. The quantitative estimate of drug-likeness (QED) is 0.852. The van der Waals surface area contributed by atoms with Crippen LogP contribution in [-0.2, 0) is 9.53 Å². The normalized spacial score (nSPS) is 13.4. The summed E-state index contributed by atoms with van der Waals surface area (Å²) in [6.45, 7) is 0.149. The average Bonchev–Trinajstić information content (AvgIpc) is 2.53. The number of ether oxygens (including phenoxy) is 1. The number of nitrogens with one attached hydrogen (secondary N) is 1. The fourth-order valence-electron chi connectivity index (χ4n) is 2.07. The third kappa shape index (κ3) is 4.27. The Morgan fingerprint density at radius 3 is 2.82 bits per heavy atom. The maximum Gasteiger partial charge on any atom is 0.240 e. The molecule has 0 aliphatic carbocycles. The van der Waals surface area contributed by atoms with Crippen molar-refractivity contribution in [3.05, 3.63) is 64.9 Å². The van der Waals surface area contributed by atoms with E-state index in [1.165, 1.54) is 7.11 Å². The number of halogens is 1. The maximum absolute atomic E-state index is 12.2. The third-order valence-corrected chi connectivity index (χ3v) is 3.37. The van der Waals surface area contributed by atoms with E-state index >= 15 is 0 Å².